The Labute approximate surface area is 155 Å². The van der Waals surface area contributed by atoms with Gasteiger partial charge in [-0.3, -0.25) is 4.79 Å². The summed E-state index contributed by atoms with van der Waals surface area (Å²) in [6.07, 6.45) is 3.76. The van der Waals surface area contributed by atoms with Crippen LogP contribution in [0.15, 0.2) is 24.3 Å². The second-order valence-corrected chi connectivity index (χ2v) is 7.56. The average Bonchev–Trinajstić information content (AvgIpc) is 2.65. The lowest BCUT2D eigenvalue weighted by Crippen LogP contribution is -2.37. The molecule has 5 heteroatoms. The van der Waals surface area contributed by atoms with Gasteiger partial charge in [0.25, 0.3) is 0 Å². The molecule has 0 radical (unpaired) electrons. The molecule has 1 fully saturated rings. The quantitative estimate of drug-likeness (QED) is 0.895. The van der Waals surface area contributed by atoms with E-state index in [-0.39, 0.29) is 12.5 Å². The molecular weight excluding hydrogens is 326 g/mol. The molecule has 1 N–H and O–H groups in total. The van der Waals surface area contributed by atoms with Crippen LogP contribution in [0.4, 0.5) is 5.82 Å². The van der Waals surface area contributed by atoms with Crippen LogP contribution in [-0.2, 0) is 11.4 Å². The summed E-state index contributed by atoms with van der Waals surface area (Å²) in [6.45, 7) is 3.92. The van der Waals surface area contributed by atoms with E-state index in [1.165, 1.54) is 0 Å². The fourth-order valence-corrected chi connectivity index (χ4v) is 3.82. The Kier molecular flexibility index (Phi) is 5.77. The number of carbonyl (C=O) groups is 1. The highest BCUT2D eigenvalue weighted by molar-refractivity contribution is 5.84. The van der Waals surface area contributed by atoms with E-state index in [0.29, 0.717) is 12.3 Å². The van der Waals surface area contributed by atoms with Gasteiger partial charge in [0, 0.05) is 44.6 Å². The lowest BCUT2D eigenvalue weighted by molar-refractivity contribution is -0.129. The van der Waals surface area contributed by atoms with Gasteiger partial charge in [-0.05, 0) is 43.7 Å². The third-order valence-electron chi connectivity index (χ3n) is 5.36. The van der Waals surface area contributed by atoms with Crippen molar-refractivity contribution in [3.63, 3.8) is 0 Å². The standard InChI is InChI=1S/C21H29N3O2/c1-15-6-4-8-17-12-18(14-25)21(22-20(15)17)24-11-5-7-16(13-24)9-10-19(26)23(2)3/h4,6,8,12,16,25H,5,7,9-11,13-14H2,1-3H3/t16-/m1/s1. The molecule has 1 saturated heterocycles. The van der Waals surface area contributed by atoms with Gasteiger partial charge in [0.1, 0.15) is 5.82 Å². The van der Waals surface area contributed by atoms with Crippen molar-refractivity contribution in [1.29, 1.82) is 0 Å². The maximum absolute atomic E-state index is 11.9. The Morgan fingerprint density at radius 3 is 2.92 bits per heavy atom. The number of amides is 1. The van der Waals surface area contributed by atoms with Crippen LogP contribution in [0, 0.1) is 12.8 Å². The molecule has 0 bridgehead atoms. The van der Waals surface area contributed by atoms with E-state index in [2.05, 4.69) is 24.0 Å². The molecule has 2 aromatic rings. The number of hydrogen-bond acceptors (Lipinski definition) is 4. The number of aliphatic hydroxyl groups is 1. The Hall–Kier alpha value is -2.14. The molecule has 1 atom stereocenters. The van der Waals surface area contributed by atoms with Crippen molar-refractivity contribution in [1.82, 2.24) is 9.88 Å². The van der Waals surface area contributed by atoms with E-state index in [1.54, 1.807) is 4.90 Å². The second kappa shape index (κ2) is 8.04. The Morgan fingerprint density at radius 1 is 1.38 bits per heavy atom. The molecule has 1 aromatic carbocycles. The van der Waals surface area contributed by atoms with Crippen molar-refractivity contribution in [2.45, 2.75) is 39.2 Å². The third kappa shape index (κ3) is 3.98. The third-order valence-corrected chi connectivity index (χ3v) is 5.36. The average molecular weight is 355 g/mol. The number of para-hydroxylation sites is 1. The molecule has 0 unspecified atom stereocenters. The summed E-state index contributed by atoms with van der Waals surface area (Å²) in [5.41, 5.74) is 3.04. The number of hydrogen-bond donors (Lipinski definition) is 1. The van der Waals surface area contributed by atoms with Gasteiger partial charge in [0.15, 0.2) is 0 Å². The van der Waals surface area contributed by atoms with Crippen LogP contribution >= 0.6 is 0 Å². The number of nitrogens with zero attached hydrogens (tertiary/aromatic N) is 3. The topological polar surface area (TPSA) is 56.7 Å². The van der Waals surface area contributed by atoms with Crippen molar-refractivity contribution >= 4 is 22.6 Å². The number of rotatable bonds is 5. The normalized spacial score (nSPS) is 17.5. The Balaban J connectivity index is 1.81. The van der Waals surface area contributed by atoms with Crippen LogP contribution in [0.3, 0.4) is 0 Å². The minimum atomic E-state index is -0.00744. The van der Waals surface area contributed by atoms with Crippen LogP contribution in [0.1, 0.15) is 36.8 Å². The largest absolute Gasteiger partial charge is 0.392 e. The highest BCUT2D eigenvalue weighted by Gasteiger charge is 2.24. The van der Waals surface area contributed by atoms with E-state index >= 15 is 0 Å². The smallest absolute Gasteiger partial charge is 0.222 e. The molecule has 0 saturated carbocycles. The lowest BCUT2D eigenvalue weighted by atomic mass is 9.93. The number of aryl methyl sites for hydroxylation is 1. The molecule has 1 aromatic heterocycles. The Bertz CT molecular complexity index is 788. The SMILES string of the molecule is Cc1cccc2cc(CO)c(N3CCC[C@H](CCC(=O)N(C)C)C3)nc12. The molecule has 140 valence electrons. The van der Waals surface area contributed by atoms with Gasteiger partial charge in [0.05, 0.1) is 12.1 Å². The summed E-state index contributed by atoms with van der Waals surface area (Å²) < 4.78 is 0. The van der Waals surface area contributed by atoms with E-state index in [4.69, 9.17) is 4.98 Å². The van der Waals surface area contributed by atoms with Gasteiger partial charge in [0.2, 0.25) is 5.91 Å². The van der Waals surface area contributed by atoms with E-state index in [9.17, 15) is 9.90 Å². The van der Waals surface area contributed by atoms with Gasteiger partial charge >= 0.3 is 0 Å². The number of piperidine rings is 1. The zero-order chi connectivity index (χ0) is 18.7. The van der Waals surface area contributed by atoms with Crippen molar-refractivity contribution in [3.05, 3.63) is 35.4 Å². The maximum atomic E-state index is 11.9. The summed E-state index contributed by atoms with van der Waals surface area (Å²) >= 11 is 0. The summed E-state index contributed by atoms with van der Waals surface area (Å²) in [7, 11) is 3.62. The molecule has 0 spiro atoms. The minimum Gasteiger partial charge on any atom is -0.392 e. The molecule has 1 aliphatic rings. The molecule has 0 aliphatic carbocycles. The minimum absolute atomic E-state index is 0.00744. The fourth-order valence-electron chi connectivity index (χ4n) is 3.82. The molecule has 5 nitrogen and oxygen atoms in total. The Morgan fingerprint density at radius 2 is 2.19 bits per heavy atom. The first-order valence-electron chi connectivity index (χ1n) is 9.44. The molecule has 1 amide bonds. The van der Waals surface area contributed by atoms with Gasteiger partial charge in [-0.15, -0.1) is 0 Å². The van der Waals surface area contributed by atoms with Crippen LogP contribution in [0.5, 0.6) is 0 Å². The zero-order valence-electron chi connectivity index (χ0n) is 16.0. The molecule has 2 heterocycles. The van der Waals surface area contributed by atoms with Gasteiger partial charge in [-0.1, -0.05) is 18.2 Å². The van der Waals surface area contributed by atoms with Crippen LogP contribution in [-0.4, -0.2) is 48.1 Å². The van der Waals surface area contributed by atoms with E-state index in [1.807, 2.05) is 26.2 Å². The molecule has 1 aliphatic heterocycles. The molecule has 3 rings (SSSR count). The summed E-state index contributed by atoms with van der Waals surface area (Å²) in [5, 5.41) is 10.9. The van der Waals surface area contributed by atoms with Crippen LogP contribution in [0.2, 0.25) is 0 Å². The second-order valence-electron chi connectivity index (χ2n) is 7.56. The van der Waals surface area contributed by atoms with E-state index < -0.39 is 0 Å². The van der Waals surface area contributed by atoms with Crippen molar-refractivity contribution in [2.75, 3.05) is 32.1 Å². The van der Waals surface area contributed by atoms with Crippen LogP contribution < -0.4 is 4.90 Å². The number of aromatic nitrogens is 1. The summed E-state index contributed by atoms with van der Waals surface area (Å²) in [6, 6.07) is 8.20. The summed E-state index contributed by atoms with van der Waals surface area (Å²) in [5.74, 6) is 1.59. The van der Waals surface area contributed by atoms with Gasteiger partial charge in [-0.25, -0.2) is 4.98 Å². The van der Waals surface area contributed by atoms with Crippen molar-refractivity contribution in [3.8, 4) is 0 Å². The lowest BCUT2D eigenvalue weighted by Gasteiger charge is -2.35. The number of fused-ring (bicyclic) bond motifs is 1. The predicted molar refractivity (Wildman–Crippen MR) is 105 cm³/mol. The fraction of sp³-hybridized carbons (Fsp3) is 0.524. The highest BCUT2D eigenvalue weighted by Crippen LogP contribution is 2.30. The zero-order valence-corrected chi connectivity index (χ0v) is 16.0. The first-order chi connectivity index (χ1) is 12.5. The van der Waals surface area contributed by atoms with Crippen molar-refractivity contribution in [2.24, 2.45) is 5.92 Å². The maximum Gasteiger partial charge on any atom is 0.222 e. The summed E-state index contributed by atoms with van der Waals surface area (Å²) in [4.78, 5) is 20.8. The predicted octanol–water partition coefficient (Wildman–Crippen LogP) is 3.12. The number of carbonyl (C=O) groups excluding carboxylic acids is 1. The number of anilines is 1. The van der Waals surface area contributed by atoms with Gasteiger partial charge < -0.3 is 14.9 Å². The highest BCUT2D eigenvalue weighted by atomic mass is 16.3. The monoisotopic (exact) mass is 355 g/mol. The first-order valence-corrected chi connectivity index (χ1v) is 9.44. The van der Waals surface area contributed by atoms with Crippen molar-refractivity contribution < 1.29 is 9.90 Å². The number of benzene rings is 1. The molecule has 26 heavy (non-hydrogen) atoms. The first kappa shape index (κ1) is 18.6. The number of aliphatic hydroxyl groups excluding tert-OH is 1. The number of pyridine rings is 1. The van der Waals surface area contributed by atoms with Crippen LogP contribution in [0.25, 0.3) is 10.9 Å². The molecular formula is C21H29N3O2. The van der Waals surface area contributed by atoms with E-state index in [0.717, 1.165) is 60.2 Å². The van der Waals surface area contributed by atoms with Gasteiger partial charge in [-0.2, -0.15) is 0 Å².